The van der Waals surface area contributed by atoms with Crippen LogP contribution in [-0.2, 0) is 4.79 Å². The molecular formula is C16H28N2O3. The largest absolute Gasteiger partial charge is 0.481 e. The Morgan fingerprint density at radius 2 is 1.71 bits per heavy atom. The van der Waals surface area contributed by atoms with Gasteiger partial charge in [0.05, 0.1) is 0 Å². The normalized spacial score (nSPS) is 19.3. The lowest BCUT2D eigenvalue weighted by molar-refractivity contribution is -0.137. The van der Waals surface area contributed by atoms with Crippen molar-refractivity contribution in [2.45, 2.75) is 51.9 Å². The van der Waals surface area contributed by atoms with Crippen molar-refractivity contribution in [3.05, 3.63) is 0 Å². The van der Waals surface area contributed by atoms with E-state index >= 15 is 0 Å². The van der Waals surface area contributed by atoms with Crippen LogP contribution in [-0.4, -0.2) is 30.2 Å². The van der Waals surface area contributed by atoms with Gasteiger partial charge in [-0.3, -0.25) is 4.79 Å². The van der Waals surface area contributed by atoms with Gasteiger partial charge in [-0.25, -0.2) is 4.79 Å². The highest BCUT2D eigenvalue weighted by atomic mass is 16.4. The molecule has 21 heavy (non-hydrogen) atoms. The molecule has 2 fully saturated rings. The summed E-state index contributed by atoms with van der Waals surface area (Å²) in [6.45, 7) is 3.46. The molecule has 0 aliphatic heterocycles. The third kappa shape index (κ3) is 6.36. The Kier molecular flexibility index (Phi) is 5.88. The zero-order chi connectivity index (χ0) is 15.2. The van der Waals surface area contributed by atoms with Gasteiger partial charge in [0.1, 0.15) is 0 Å². The van der Waals surface area contributed by atoms with Crippen molar-refractivity contribution in [2.75, 3.05) is 13.1 Å². The van der Waals surface area contributed by atoms with Crippen molar-refractivity contribution >= 4 is 12.0 Å². The van der Waals surface area contributed by atoms with Crippen molar-refractivity contribution in [3.63, 3.8) is 0 Å². The molecule has 1 atom stereocenters. The van der Waals surface area contributed by atoms with Gasteiger partial charge >= 0.3 is 12.0 Å². The molecule has 2 aliphatic rings. The van der Waals surface area contributed by atoms with E-state index in [2.05, 4.69) is 10.6 Å². The van der Waals surface area contributed by atoms with Crippen LogP contribution in [0.25, 0.3) is 0 Å². The number of aliphatic carboxylic acids is 1. The number of carboxylic acids is 1. The number of nitrogens with one attached hydrogen (secondary N) is 2. The second-order valence-electron chi connectivity index (χ2n) is 6.80. The lowest BCUT2D eigenvalue weighted by Crippen LogP contribution is -2.39. The number of carboxylic acid groups (broad SMARTS) is 1. The van der Waals surface area contributed by atoms with Gasteiger partial charge in [0.2, 0.25) is 0 Å². The van der Waals surface area contributed by atoms with Crippen molar-refractivity contribution in [3.8, 4) is 0 Å². The fraction of sp³-hybridized carbons (Fsp3) is 0.875. The van der Waals surface area contributed by atoms with Gasteiger partial charge < -0.3 is 15.7 Å². The smallest absolute Gasteiger partial charge is 0.314 e. The summed E-state index contributed by atoms with van der Waals surface area (Å²) in [6, 6.07) is -0.0771. The van der Waals surface area contributed by atoms with E-state index in [9.17, 15) is 9.59 Å². The van der Waals surface area contributed by atoms with Crippen molar-refractivity contribution < 1.29 is 14.7 Å². The summed E-state index contributed by atoms with van der Waals surface area (Å²) >= 11 is 0. The summed E-state index contributed by atoms with van der Waals surface area (Å²) in [5, 5.41) is 14.5. The predicted octanol–water partition coefficient (Wildman–Crippen LogP) is 2.61. The minimum Gasteiger partial charge on any atom is -0.481 e. The van der Waals surface area contributed by atoms with E-state index in [1.54, 1.807) is 0 Å². The molecule has 2 aliphatic carbocycles. The summed E-state index contributed by atoms with van der Waals surface area (Å²) in [4.78, 5) is 22.2. The zero-order valence-electron chi connectivity index (χ0n) is 12.9. The third-order valence-corrected chi connectivity index (χ3v) is 4.73. The zero-order valence-corrected chi connectivity index (χ0v) is 12.9. The summed E-state index contributed by atoms with van der Waals surface area (Å²) in [5.41, 5.74) is 0. The summed E-state index contributed by atoms with van der Waals surface area (Å²) < 4.78 is 0. The number of carbonyl (C=O) groups excluding carboxylic acids is 1. The standard InChI is InChI=1S/C16H28N2O3/c1-11(2-7-15(19)20)8-9-17-16(21)18-10-14(12-3-4-12)13-5-6-13/h11-14H,2-10H2,1H3,(H,19,20)(H2,17,18,21). The maximum Gasteiger partial charge on any atom is 0.314 e. The number of urea groups is 1. The van der Waals surface area contributed by atoms with E-state index in [1.165, 1.54) is 25.7 Å². The molecule has 0 aromatic carbocycles. The van der Waals surface area contributed by atoms with Crippen molar-refractivity contribution in [1.29, 1.82) is 0 Å². The Bertz CT molecular complexity index is 353. The molecule has 0 spiro atoms. The minimum absolute atomic E-state index is 0.0771. The van der Waals surface area contributed by atoms with E-state index in [1.807, 2.05) is 6.92 Å². The molecule has 0 saturated heterocycles. The van der Waals surface area contributed by atoms with Crippen LogP contribution >= 0.6 is 0 Å². The van der Waals surface area contributed by atoms with Gasteiger partial charge in [-0.1, -0.05) is 6.92 Å². The lowest BCUT2D eigenvalue weighted by Gasteiger charge is -2.17. The Morgan fingerprint density at radius 3 is 2.24 bits per heavy atom. The van der Waals surface area contributed by atoms with E-state index in [0.717, 1.165) is 24.8 Å². The first kappa shape index (κ1) is 16.1. The van der Waals surface area contributed by atoms with Crippen LogP contribution in [0.5, 0.6) is 0 Å². The second kappa shape index (κ2) is 7.66. The highest BCUT2D eigenvalue weighted by Gasteiger charge is 2.41. The molecule has 2 amide bonds. The molecule has 0 aromatic heterocycles. The van der Waals surface area contributed by atoms with Gasteiger partial charge in [-0.15, -0.1) is 0 Å². The van der Waals surface area contributed by atoms with E-state index in [-0.39, 0.29) is 12.5 Å². The lowest BCUT2D eigenvalue weighted by atomic mass is 9.98. The summed E-state index contributed by atoms with van der Waals surface area (Å²) in [7, 11) is 0. The topological polar surface area (TPSA) is 78.4 Å². The van der Waals surface area contributed by atoms with Crippen LogP contribution in [0.1, 0.15) is 51.9 Å². The van der Waals surface area contributed by atoms with Gasteiger partial charge in [-0.2, -0.15) is 0 Å². The predicted molar refractivity (Wildman–Crippen MR) is 81.0 cm³/mol. The molecule has 0 radical (unpaired) electrons. The highest BCUT2D eigenvalue weighted by molar-refractivity contribution is 5.73. The first-order valence-corrected chi connectivity index (χ1v) is 8.29. The van der Waals surface area contributed by atoms with Crippen LogP contribution in [0.15, 0.2) is 0 Å². The molecular weight excluding hydrogens is 268 g/mol. The first-order valence-electron chi connectivity index (χ1n) is 8.29. The van der Waals surface area contributed by atoms with Gasteiger partial charge in [-0.05, 0) is 62.2 Å². The molecule has 0 bridgehead atoms. The van der Waals surface area contributed by atoms with Crippen molar-refractivity contribution in [1.82, 2.24) is 10.6 Å². The Labute approximate surface area is 126 Å². The van der Waals surface area contributed by atoms with Crippen LogP contribution in [0.2, 0.25) is 0 Å². The van der Waals surface area contributed by atoms with Crippen LogP contribution in [0, 0.1) is 23.7 Å². The van der Waals surface area contributed by atoms with E-state index < -0.39 is 5.97 Å². The first-order chi connectivity index (χ1) is 10.1. The summed E-state index contributed by atoms with van der Waals surface area (Å²) in [5.74, 6) is 1.98. The summed E-state index contributed by atoms with van der Waals surface area (Å²) in [6.07, 6.45) is 7.06. The number of hydrogen-bond acceptors (Lipinski definition) is 2. The molecule has 0 heterocycles. The fourth-order valence-electron chi connectivity index (χ4n) is 2.99. The number of rotatable bonds is 10. The molecule has 2 rings (SSSR count). The Hall–Kier alpha value is -1.26. The molecule has 3 N–H and O–H groups in total. The van der Waals surface area contributed by atoms with Gasteiger partial charge in [0.25, 0.3) is 0 Å². The maximum absolute atomic E-state index is 11.8. The van der Waals surface area contributed by atoms with Crippen molar-refractivity contribution in [2.24, 2.45) is 23.7 Å². The second-order valence-corrected chi connectivity index (χ2v) is 6.80. The molecule has 120 valence electrons. The minimum atomic E-state index is -0.751. The quantitative estimate of drug-likeness (QED) is 0.580. The Balaban J connectivity index is 1.51. The van der Waals surface area contributed by atoms with E-state index in [4.69, 9.17) is 5.11 Å². The molecule has 5 nitrogen and oxygen atoms in total. The maximum atomic E-state index is 11.8. The van der Waals surface area contributed by atoms with Crippen LogP contribution in [0.3, 0.4) is 0 Å². The Morgan fingerprint density at radius 1 is 1.10 bits per heavy atom. The number of carbonyl (C=O) groups is 2. The average molecular weight is 296 g/mol. The van der Waals surface area contributed by atoms with E-state index in [0.29, 0.717) is 24.8 Å². The molecule has 0 aromatic rings. The monoisotopic (exact) mass is 296 g/mol. The average Bonchev–Trinajstić information content (AvgIpc) is 3.29. The molecule has 2 saturated carbocycles. The number of hydrogen-bond donors (Lipinski definition) is 3. The number of amides is 2. The molecule has 1 unspecified atom stereocenters. The fourth-order valence-corrected chi connectivity index (χ4v) is 2.99. The van der Waals surface area contributed by atoms with Gasteiger partial charge in [0, 0.05) is 19.5 Å². The van der Waals surface area contributed by atoms with Crippen LogP contribution < -0.4 is 10.6 Å². The van der Waals surface area contributed by atoms with Crippen LogP contribution in [0.4, 0.5) is 4.79 Å². The molecule has 5 heteroatoms. The third-order valence-electron chi connectivity index (χ3n) is 4.73. The van der Waals surface area contributed by atoms with Gasteiger partial charge in [0.15, 0.2) is 0 Å². The highest BCUT2D eigenvalue weighted by Crippen LogP contribution is 2.48. The SMILES string of the molecule is CC(CCNC(=O)NCC(C1CC1)C1CC1)CCC(=O)O.